The van der Waals surface area contributed by atoms with Crippen molar-refractivity contribution in [1.82, 2.24) is 4.98 Å². The number of fused-ring (bicyclic) bond motifs is 1. The molecule has 1 aromatic carbocycles. The van der Waals surface area contributed by atoms with E-state index in [1.807, 2.05) is 44.2 Å². The van der Waals surface area contributed by atoms with E-state index in [1.54, 1.807) is 11.4 Å². The van der Waals surface area contributed by atoms with E-state index in [0.717, 1.165) is 26.7 Å². The largest absolute Gasteiger partial charge is 0.478 e. The van der Waals surface area contributed by atoms with E-state index in [4.69, 9.17) is 4.42 Å². The van der Waals surface area contributed by atoms with Gasteiger partial charge in [-0.15, -0.1) is 11.3 Å². The van der Waals surface area contributed by atoms with Gasteiger partial charge in [-0.3, -0.25) is 4.79 Å². The van der Waals surface area contributed by atoms with Crippen molar-refractivity contribution in [2.45, 2.75) is 13.8 Å². The summed E-state index contributed by atoms with van der Waals surface area (Å²) >= 11 is 4.62. The molecule has 1 amide bonds. The number of carboxylic acids is 1. The molecule has 0 unspecified atom stereocenters. The number of rotatable bonds is 4. The average Bonchev–Trinajstić information content (AvgIpc) is 3.27. The van der Waals surface area contributed by atoms with Crippen LogP contribution >= 0.6 is 27.3 Å². The molecule has 6 nitrogen and oxygen atoms in total. The van der Waals surface area contributed by atoms with Crippen LogP contribution in [0, 0.1) is 13.8 Å². The van der Waals surface area contributed by atoms with E-state index in [2.05, 4.69) is 26.2 Å². The number of halogens is 1. The highest BCUT2D eigenvalue weighted by Crippen LogP contribution is 2.37. The standard InChI is InChI=1S/C21H15BrN2O4S/c1-10-7-11(2)23-20-14(10)8-16(28-20)19(25)24-15-9-29-18(17(15)21(26)27)12-3-5-13(22)6-4-12/h3-9H,1-2H3,(H,24,25)(H,26,27). The number of aromatic carboxylic acids is 1. The summed E-state index contributed by atoms with van der Waals surface area (Å²) in [6.45, 7) is 3.77. The van der Waals surface area contributed by atoms with Gasteiger partial charge in [-0.05, 0) is 49.2 Å². The SMILES string of the molecule is Cc1cc(C)c2cc(C(=O)Nc3csc(-c4ccc(Br)cc4)c3C(=O)O)oc2n1. The molecule has 0 bridgehead atoms. The first-order valence-corrected chi connectivity index (χ1v) is 10.3. The molecule has 4 aromatic rings. The van der Waals surface area contributed by atoms with Gasteiger partial charge in [0.25, 0.3) is 5.91 Å². The van der Waals surface area contributed by atoms with Gasteiger partial charge in [0.2, 0.25) is 5.71 Å². The number of thiophene rings is 1. The van der Waals surface area contributed by atoms with Gasteiger partial charge >= 0.3 is 5.97 Å². The Hall–Kier alpha value is -2.97. The second-order valence-electron chi connectivity index (χ2n) is 6.53. The molecule has 0 atom stereocenters. The van der Waals surface area contributed by atoms with E-state index in [0.29, 0.717) is 10.6 Å². The van der Waals surface area contributed by atoms with E-state index in [-0.39, 0.29) is 17.0 Å². The molecule has 8 heteroatoms. The van der Waals surface area contributed by atoms with Crippen LogP contribution in [0.25, 0.3) is 21.5 Å². The molecule has 0 saturated heterocycles. The number of aryl methyl sites for hydroxylation is 2. The molecule has 0 spiro atoms. The number of carbonyl (C=O) groups excluding carboxylic acids is 1. The Kier molecular flexibility index (Phi) is 4.97. The predicted molar refractivity (Wildman–Crippen MR) is 116 cm³/mol. The number of carboxylic acid groups (broad SMARTS) is 1. The van der Waals surface area contributed by atoms with Crippen molar-refractivity contribution in [3.63, 3.8) is 0 Å². The van der Waals surface area contributed by atoms with Crippen molar-refractivity contribution in [3.8, 4) is 10.4 Å². The average molecular weight is 471 g/mol. The maximum atomic E-state index is 12.7. The van der Waals surface area contributed by atoms with E-state index < -0.39 is 11.9 Å². The Morgan fingerprint density at radius 3 is 2.59 bits per heavy atom. The van der Waals surface area contributed by atoms with E-state index in [9.17, 15) is 14.7 Å². The fourth-order valence-corrected chi connectivity index (χ4v) is 4.37. The third-order valence-electron chi connectivity index (χ3n) is 4.42. The number of hydrogen-bond donors (Lipinski definition) is 2. The summed E-state index contributed by atoms with van der Waals surface area (Å²) in [6, 6.07) is 10.9. The normalized spacial score (nSPS) is 11.0. The summed E-state index contributed by atoms with van der Waals surface area (Å²) in [7, 11) is 0. The molecule has 0 aliphatic heterocycles. The maximum absolute atomic E-state index is 12.7. The number of benzene rings is 1. The minimum absolute atomic E-state index is 0.0481. The van der Waals surface area contributed by atoms with Gasteiger partial charge in [0.05, 0.1) is 10.6 Å². The minimum Gasteiger partial charge on any atom is -0.478 e. The van der Waals surface area contributed by atoms with Crippen LogP contribution in [0.5, 0.6) is 0 Å². The molecule has 0 radical (unpaired) electrons. The van der Waals surface area contributed by atoms with E-state index >= 15 is 0 Å². The summed E-state index contributed by atoms with van der Waals surface area (Å²) in [5.74, 6) is -1.56. The molecule has 0 saturated carbocycles. The zero-order chi connectivity index (χ0) is 20.7. The highest BCUT2D eigenvalue weighted by Gasteiger charge is 2.23. The van der Waals surface area contributed by atoms with E-state index in [1.165, 1.54) is 11.3 Å². The number of hydrogen-bond acceptors (Lipinski definition) is 5. The number of amides is 1. The predicted octanol–water partition coefficient (Wildman–Crippen LogP) is 5.89. The minimum atomic E-state index is -1.11. The van der Waals surface area contributed by atoms with Crippen LogP contribution in [0.3, 0.4) is 0 Å². The lowest BCUT2D eigenvalue weighted by Crippen LogP contribution is -2.13. The fraction of sp³-hybridized carbons (Fsp3) is 0.0952. The quantitative estimate of drug-likeness (QED) is 0.388. The van der Waals surface area contributed by atoms with Crippen molar-refractivity contribution in [1.29, 1.82) is 0 Å². The summed E-state index contributed by atoms with van der Waals surface area (Å²) < 4.78 is 6.49. The molecule has 0 aliphatic carbocycles. The van der Waals surface area contributed by atoms with Gasteiger partial charge < -0.3 is 14.8 Å². The number of aromatic nitrogens is 1. The first-order valence-electron chi connectivity index (χ1n) is 8.63. The topological polar surface area (TPSA) is 92.4 Å². The Morgan fingerprint density at radius 1 is 1.17 bits per heavy atom. The molecule has 0 aliphatic rings. The summed E-state index contributed by atoms with van der Waals surface area (Å²) in [5, 5.41) is 14.8. The smallest absolute Gasteiger partial charge is 0.339 e. The van der Waals surface area contributed by atoms with Crippen LogP contribution < -0.4 is 5.32 Å². The molecule has 2 N–H and O–H groups in total. The number of nitrogens with zero attached hydrogens (tertiary/aromatic N) is 1. The van der Waals surface area contributed by atoms with Gasteiger partial charge in [0.1, 0.15) is 5.56 Å². The summed E-state index contributed by atoms with van der Waals surface area (Å²) in [4.78, 5) is 29.5. The Balaban J connectivity index is 1.69. The monoisotopic (exact) mass is 470 g/mol. The molecular weight excluding hydrogens is 456 g/mol. The lowest BCUT2D eigenvalue weighted by atomic mass is 10.1. The zero-order valence-corrected chi connectivity index (χ0v) is 17.8. The maximum Gasteiger partial charge on any atom is 0.339 e. The second kappa shape index (κ2) is 7.46. The number of carbonyl (C=O) groups is 2. The van der Waals surface area contributed by atoms with Crippen molar-refractivity contribution in [2.75, 3.05) is 5.32 Å². The van der Waals surface area contributed by atoms with Crippen molar-refractivity contribution in [3.05, 3.63) is 68.8 Å². The molecule has 29 heavy (non-hydrogen) atoms. The summed E-state index contributed by atoms with van der Waals surface area (Å²) in [6.07, 6.45) is 0. The van der Waals surface area contributed by atoms with Crippen LogP contribution in [-0.4, -0.2) is 22.0 Å². The lowest BCUT2D eigenvalue weighted by molar-refractivity contribution is 0.0699. The van der Waals surface area contributed by atoms with Crippen LogP contribution in [0.2, 0.25) is 0 Å². The fourth-order valence-electron chi connectivity index (χ4n) is 3.10. The van der Waals surface area contributed by atoms with Crippen LogP contribution in [0.1, 0.15) is 32.2 Å². The highest BCUT2D eigenvalue weighted by molar-refractivity contribution is 9.10. The Morgan fingerprint density at radius 2 is 1.90 bits per heavy atom. The van der Waals surface area contributed by atoms with Crippen LogP contribution in [0.4, 0.5) is 5.69 Å². The molecule has 0 fully saturated rings. The Bertz CT molecular complexity index is 1260. The number of anilines is 1. The molecule has 3 aromatic heterocycles. The number of nitrogens with one attached hydrogen (secondary N) is 1. The van der Waals surface area contributed by atoms with Gasteiger partial charge in [-0.25, -0.2) is 9.78 Å². The first-order chi connectivity index (χ1) is 13.8. The Labute approximate surface area is 178 Å². The van der Waals surface area contributed by atoms with Crippen molar-refractivity contribution in [2.24, 2.45) is 0 Å². The van der Waals surface area contributed by atoms with Gasteiger partial charge in [-0.2, -0.15) is 0 Å². The van der Waals surface area contributed by atoms with Crippen molar-refractivity contribution >= 4 is 55.9 Å². The summed E-state index contributed by atoms with van der Waals surface area (Å²) in [5.41, 5.74) is 3.16. The lowest BCUT2D eigenvalue weighted by Gasteiger charge is -2.05. The zero-order valence-electron chi connectivity index (χ0n) is 15.4. The molecule has 4 rings (SSSR count). The third-order valence-corrected chi connectivity index (χ3v) is 5.98. The third kappa shape index (κ3) is 3.68. The van der Waals surface area contributed by atoms with Gasteiger partial charge in [0.15, 0.2) is 5.76 Å². The van der Waals surface area contributed by atoms with Gasteiger partial charge in [-0.1, -0.05) is 28.1 Å². The number of pyridine rings is 1. The van der Waals surface area contributed by atoms with Crippen LogP contribution in [-0.2, 0) is 0 Å². The van der Waals surface area contributed by atoms with Crippen molar-refractivity contribution < 1.29 is 19.1 Å². The first kappa shape index (κ1) is 19.4. The van der Waals surface area contributed by atoms with Crippen LogP contribution in [0.15, 0.2) is 50.7 Å². The second-order valence-corrected chi connectivity index (χ2v) is 8.33. The highest BCUT2D eigenvalue weighted by atomic mass is 79.9. The van der Waals surface area contributed by atoms with Gasteiger partial charge in [0, 0.05) is 20.9 Å². The number of furan rings is 1. The molecule has 3 heterocycles. The molecular formula is C21H15BrN2O4S. The molecule has 146 valence electrons.